The molecule has 3 N–H and O–H groups in total. The summed E-state index contributed by atoms with van der Waals surface area (Å²) in [5.41, 5.74) is 4.87. The van der Waals surface area contributed by atoms with E-state index in [-0.39, 0.29) is 23.5 Å². The van der Waals surface area contributed by atoms with Crippen molar-refractivity contribution in [2.24, 2.45) is 5.73 Å². The number of para-hydroxylation sites is 1. The summed E-state index contributed by atoms with van der Waals surface area (Å²) in [6.45, 7) is 1.83. The molecule has 0 radical (unpaired) electrons. The molecule has 3 nitrogen and oxygen atoms in total. The molecule has 110 valence electrons. The fraction of sp³-hybridized carbons (Fsp3) is 0.133. The molecule has 0 spiro atoms. The predicted octanol–water partition coefficient (Wildman–Crippen LogP) is 3.55. The second kappa shape index (κ2) is 5.87. The van der Waals surface area contributed by atoms with Gasteiger partial charge in [0.2, 0.25) is 0 Å². The van der Waals surface area contributed by atoms with Crippen molar-refractivity contribution in [3.8, 4) is 0 Å². The minimum Gasteiger partial charge on any atom is -0.384 e. The maximum Gasteiger partial charge on any atom is 0.150 e. The Labute approximate surface area is 120 Å². The van der Waals surface area contributed by atoms with Crippen molar-refractivity contribution in [3.63, 3.8) is 0 Å². The molecule has 0 bridgehead atoms. The molecular weight excluding hydrogens is 279 g/mol. The molecule has 0 heterocycles. The van der Waals surface area contributed by atoms with E-state index in [0.717, 1.165) is 12.1 Å². The van der Waals surface area contributed by atoms with Gasteiger partial charge >= 0.3 is 0 Å². The van der Waals surface area contributed by atoms with E-state index >= 15 is 0 Å². The first-order chi connectivity index (χ1) is 9.95. The number of nitrogens with two attached hydrogens (primary N) is 1. The number of amidine groups is 1. The molecule has 0 aliphatic rings. The van der Waals surface area contributed by atoms with E-state index in [0.29, 0.717) is 0 Å². The van der Waals surface area contributed by atoms with Gasteiger partial charge in [-0.25, -0.2) is 13.2 Å². The number of nitrogens with zero attached hydrogens (tertiary/aromatic N) is 1. The van der Waals surface area contributed by atoms with Crippen LogP contribution in [0, 0.1) is 22.9 Å². The molecule has 21 heavy (non-hydrogen) atoms. The highest BCUT2D eigenvalue weighted by Crippen LogP contribution is 2.32. The van der Waals surface area contributed by atoms with E-state index in [4.69, 9.17) is 11.1 Å². The van der Waals surface area contributed by atoms with Crippen molar-refractivity contribution in [1.29, 1.82) is 5.41 Å². The Morgan fingerprint density at radius 3 is 2.14 bits per heavy atom. The van der Waals surface area contributed by atoms with Gasteiger partial charge in [0.15, 0.2) is 11.6 Å². The number of nitrogens with one attached hydrogen (secondary N) is 1. The van der Waals surface area contributed by atoms with Crippen LogP contribution in [0.5, 0.6) is 0 Å². The number of hydrogen-bond donors (Lipinski definition) is 2. The molecule has 2 aromatic rings. The predicted molar refractivity (Wildman–Crippen MR) is 76.5 cm³/mol. The van der Waals surface area contributed by atoms with Gasteiger partial charge in [-0.1, -0.05) is 12.1 Å². The zero-order valence-electron chi connectivity index (χ0n) is 11.3. The Hall–Kier alpha value is -2.50. The van der Waals surface area contributed by atoms with Crippen molar-refractivity contribution in [2.45, 2.75) is 6.92 Å². The lowest BCUT2D eigenvalue weighted by molar-refractivity contribution is 0.576. The van der Waals surface area contributed by atoms with Gasteiger partial charge in [0.05, 0.1) is 5.69 Å². The molecule has 0 aromatic heterocycles. The topological polar surface area (TPSA) is 53.1 Å². The Bertz CT molecular complexity index is 663. The van der Waals surface area contributed by atoms with Gasteiger partial charge in [-0.2, -0.15) is 0 Å². The quantitative estimate of drug-likeness (QED) is 0.669. The zero-order chi connectivity index (χ0) is 15.6. The van der Waals surface area contributed by atoms with Crippen LogP contribution in [0.3, 0.4) is 0 Å². The van der Waals surface area contributed by atoms with Gasteiger partial charge < -0.3 is 10.6 Å². The van der Waals surface area contributed by atoms with Gasteiger partial charge in [0, 0.05) is 12.1 Å². The van der Waals surface area contributed by atoms with Gasteiger partial charge in [-0.3, -0.25) is 5.41 Å². The Morgan fingerprint density at radius 2 is 1.67 bits per heavy atom. The molecule has 0 saturated heterocycles. The van der Waals surface area contributed by atoms with Crippen LogP contribution in [0.4, 0.5) is 24.5 Å². The van der Waals surface area contributed by atoms with Crippen molar-refractivity contribution in [2.75, 3.05) is 11.4 Å². The van der Waals surface area contributed by atoms with E-state index in [1.54, 1.807) is 13.0 Å². The van der Waals surface area contributed by atoms with Gasteiger partial charge in [0.25, 0.3) is 0 Å². The van der Waals surface area contributed by atoms with Crippen molar-refractivity contribution < 1.29 is 13.2 Å². The van der Waals surface area contributed by atoms with E-state index in [9.17, 15) is 13.2 Å². The molecular formula is C15H14F3N3. The lowest BCUT2D eigenvalue weighted by Gasteiger charge is -2.25. The third-order valence-corrected chi connectivity index (χ3v) is 3.06. The zero-order valence-corrected chi connectivity index (χ0v) is 11.3. The van der Waals surface area contributed by atoms with E-state index in [2.05, 4.69) is 0 Å². The molecule has 0 aliphatic heterocycles. The van der Waals surface area contributed by atoms with Crippen molar-refractivity contribution in [3.05, 3.63) is 59.4 Å². The van der Waals surface area contributed by atoms with Crippen LogP contribution in [0.15, 0.2) is 36.4 Å². The average molecular weight is 293 g/mol. The lowest BCUT2D eigenvalue weighted by atomic mass is 10.1. The molecule has 0 atom stereocenters. The molecule has 6 heteroatoms. The number of nitrogen functional groups attached to an aromatic ring is 1. The summed E-state index contributed by atoms with van der Waals surface area (Å²) >= 11 is 0. The first-order valence-electron chi connectivity index (χ1n) is 6.31. The first kappa shape index (κ1) is 14.9. The molecule has 0 unspecified atom stereocenters. The summed E-state index contributed by atoms with van der Waals surface area (Å²) in [5.74, 6) is -2.81. The third-order valence-electron chi connectivity index (χ3n) is 3.06. The number of halogens is 3. The van der Waals surface area contributed by atoms with Crippen molar-refractivity contribution in [1.82, 2.24) is 0 Å². The van der Waals surface area contributed by atoms with Crippen LogP contribution in [-0.4, -0.2) is 12.4 Å². The molecule has 2 rings (SSSR count). The van der Waals surface area contributed by atoms with Crippen LogP contribution in [0.25, 0.3) is 0 Å². The smallest absolute Gasteiger partial charge is 0.150 e. The monoisotopic (exact) mass is 293 g/mol. The SMILES string of the molecule is CCN(c1ccccc1F)c1c(F)cc(C(=N)N)cc1F. The first-order valence-corrected chi connectivity index (χ1v) is 6.31. The highest BCUT2D eigenvalue weighted by atomic mass is 19.1. The second-order valence-electron chi connectivity index (χ2n) is 4.40. The Kier molecular flexibility index (Phi) is 4.16. The minimum atomic E-state index is -0.898. The summed E-state index contributed by atoms with van der Waals surface area (Å²) in [6.07, 6.45) is 0. The van der Waals surface area contributed by atoms with Crippen LogP contribution >= 0.6 is 0 Å². The average Bonchev–Trinajstić information content (AvgIpc) is 2.43. The van der Waals surface area contributed by atoms with Crippen LogP contribution in [0.1, 0.15) is 12.5 Å². The lowest BCUT2D eigenvalue weighted by Crippen LogP contribution is -2.21. The molecule has 0 fully saturated rings. The summed E-state index contributed by atoms with van der Waals surface area (Å²) in [5, 5.41) is 7.22. The highest BCUT2D eigenvalue weighted by Gasteiger charge is 2.21. The number of benzene rings is 2. The maximum absolute atomic E-state index is 14.2. The summed E-state index contributed by atoms with van der Waals surface area (Å²) in [4.78, 5) is 1.20. The van der Waals surface area contributed by atoms with E-state index < -0.39 is 23.3 Å². The van der Waals surface area contributed by atoms with Crippen molar-refractivity contribution >= 4 is 17.2 Å². The largest absolute Gasteiger partial charge is 0.384 e. The third kappa shape index (κ3) is 2.84. The standard InChI is InChI=1S/C15H14F3N3/c1-2-21(13-6-4-3-5-10(13)16)14-11(17)7-9(15(19)20)8-12(14)18/h3-8H,2H2,1H3,(H3,19,20). The number of anilines is 2. The fourth-order valence-electron chi connectivity index (χ4n) is 2.10. The summed E-state index contributed by atoms with van der Waals surface area (Å²) in [7, 11) is 0. The van der Waals surface area contributed by atoms with Gasteiger partial charge in [-0.05, 0) is 31.2 Å². The number of hydrogen-bond acceptors (Lipinski definition) is 2. The molecule has 0 saturated carbocycles. The summed E-state index contributed by atoms with van der Waals surface area (Å²) in [6, 6.07) is 7.67. The second-order valence-corrected chi connectivity index (χ2v) is 4.40. The molecule has 2 aromatic carbocycles. The van der Waals surface area contributed by atoms with Crippen LogP contribution in [0.2, 0.25) is 0 Å². The minimum absolute atomic E-state index is 0.0571. The number of rotatable bonds is 4. The molecule has 0 aliphatic carbocycles. The van der Waals surface area contributed by atoms with Gasteiger partial charge in [0.1, 0.15) is 17.3 Å². The normalized spacial score (nSPS) is 10.5. The van der Waals surface area contributed by atoms with Gasteiger partial charge in [-0.15, -0.1) is 0 Å². The van der Waals surface area contributed by atoms with Crippen LogP contribution < -0.4 is 10.6 Å². The Balaban J connectivity index is 2.59. The Morgan fingerprint density at radius 1 is 1.10 bits per heavy atom. The summed E-state index contributed by atoms with van der Waals surface area (Å²) < 4.78 is 42.2. The van der Waals surface area contributed by atoms with E-state index in [1.165, 1.54) is 23.1 Å². The fourth-order valence-corrected chi connectivity index (χ4v) is 2.10. The molecule has 0 amide bonds. The maximum atomic E-state index is 14.2. The van der Waals surface area contributed by atoms with E-state index in [1.807, 2.05) is 0 Å². The van der Waals surface area contributed by atoms with Crippen LogP contribution in [-0.2, 0) is 0 Å². The highest BCUT2D eigenvalue weighted by molar-refractivity contribution is 5.95.